The van der Waals surface area contributed by atoms with E-state index < -0.39 is 0 Å². The summed E-state index contributed by atoms with van der Waals surface area (Å²) in [5, 5.41) is 1.90. The summed E-state index contributed by atoms with van der Waals surface area (Å²) in [7, 11) is 4.57. The highest BCUT2D eigenvalue weighted by atomic mass is 32.1. The highest BCUT2D eigenvalue weighted by molar-refractivity contribution is 7.10. The SMILES string of the molecule is COc1cc(OC)c(OC)cc1/C=C1\Oc2cc(OC(=O)Cc3cccs3)ccc2C1=O. The van der Waals surface area contributed by atoms with E-state index in [0.717, 1.165) is 4.88 Å². The number of thiophene rings is 1. The van der Waals surface area contributed by atoms with Crippen molar-refractivity contribution in [2.75, 3.05) is 21.3 Å². The Morgan fingerprint density at radius 2 is 1.75 bits per heavy atom. The second-order valence-corrected chi connectivity index (χ2v) is 7.81. The molecule has 1 aliphatic heterocycles. The topological polar surface area (TPSA) is 80.3 Å². The van der Waals surface area contributed by atoms with Gasteiger partial charge in [0, 0.05) is 22.6 Å². The molecule has 1 aromatic heterocycles. The molecule has 3 aromatic rings. The zero-order valence-corrected chi connectivity index (χ0v) is 18.5. The fourth-order valence-electron chi connectivity index (χ4n) is 3.26. The molecule has 0 saturated heterocycles. The second kappa shape index (κ2) is 9.15. The van der Waals surface area contributed by atoms with Gasteiger partial charge in [-0.05, 0) is 35.7 Å². The number of methoxy groups -OCH3 is 3. The van der Waals surface area contributed by atoms with Crippen molar-refractivity contribution in [2.24, 2.45) is 0 Å². The summed E-state index contributed by atoms with van der Waals surface area (Å²) in [5.74, 6) is 1.56. The van der Waals surface area contributed by atoms with Crippen molar-refractivity contribution in [3.05, 3.63) is 69.6 Å². The van der Waals surface area contributed by atoms with E-state index in [4.69, 9.17) is 23.7 Å². The van der Waals surface area contributed by atoms with Gasteiger partial charge in [0.05, 0.1) is 33.3 Å². The summed E-state index contributed by atoms with van der Waals surface area (Å²) >= 11 is 1.49. The first kappa shape index (κ1) is 21.5. The van der Waals surface area contributed by atoms with Gasteiger partial charge in [0.1, 0.15) is 17.2 Å². The summed E-state index contributed by atoms with van der Waals surface area (Å²) in [6.07, 6.45) is 1.75. The average Bonchev–Trinajstić information content (AvgIpc) is 3.41. The Kier molecular flexibility index (Phi) is 6.13. The normalized spacial score (nSPS) is 13.5. The van der Waals surface area contributed by atoms with Crippen LogP contribution < -0.4 is 23.7 Å². The number of carbonyl (C=O) groups is 2. The standard InChI is InChI=1S/C24H20O7S/c1-27-18-13-21(29-3)20(28-2)9-14(18)10-22-24(26)17-7-6-15(11-19(17)31-22)30-23(25)12-16-5-4-8-32-16/h4-11,13H,12H2,1-3H3/b22-10-. The Labute approximate surface area is 188 Å². The molecule has 4 rings (SSSR count). The van der Waals surface area contributed by atoms with Crippen LogP contribution in [0.4, 0.5) is 0 Å². The Balaban J connectivity index is 1.57. The van der Waals surface area contributed by atoms with Crippen LogP contribution in [0.2, 0.25) is 0 Å². The van der Waals surface area contributed by atoms with Gasteiger partial charge >= 0.3 is 5.97 Å². The lowest BCUT2D eigenvalue weighted by Gasteiger charge is -2.12. The molecule has 2 aromatic carbocycles. The molecule has 0 radical (unpaired) electrons. The quantitative estimate of drug-likeness (QED) is 0.296. The van der Waals surface area contributed by atoms with Crippen LogP contribution in [0, 0.1) is 0 Å². The van der Waals surface area contributed by atoms with Crippen LogP contribution in [0.1, 0.15) is 20.8 Å². The van der Waals surface area contributed by atoms with Crippen molar-refractivity contribution in [3.8, 4) is 28.7 Å². The van der Waals surface area contributed by atoms with Crippen LogP contribution in [0.25, 0.3) is 6.08 Å². The molecular formula is C24H20O7S. The Bertz CT molecular complexity index is 1200. The minimum atomic E-state index is -0.387. The Morgan fingerprint density at radius 3 is 2.44 bits per heavy atom. The first-order valence-corrected chi connectivity index (χ1v) is 10.5. The van der Waals surface area contributed by atoms with E-state index in [1.807, 2.05) is 17.5 Å². The number of rotatable bonds is 7. The first-order chi connectivity index (χ1) is 15.5. The fraction of sp³-hybridized carbons (Fsp3) is 0.167. The Hall–Kier alpha value is -3.78. The number of fused-ring (bicyclic) bond motifs is 1. The van der Waals surface area contributed by atoms with Crippen molar-refractivity contribution in [3.63, 3.8) is 0 Å². The zero-order chi connectivity index (χ0) is 22.7. The monoisotopic (exact) mass is 452 g/mol. The third-order valence-corrected chi connectivity index (χ3v) is 5.67. The number of hydrogen-bond acceptors (Lipinski definition) is 8. The largest absolute Gasteiger partial charge is 0.496 e. The van der Waals surface area contributed by atoms with E-state index in [9.17, 15) is 9.59 Å². The number of esters is 1. The van der Waals surface area contributed by atoms with Gasteiger partial charge < -0.3 is 23.7 Å². The van der Waals surface area contributed by atoms with Crippen molar-refractivity contribution in [2.45, 2.75) is 6.42 Å². The summed E-state index contributed by atoms with van der Waals surface area (Å²) in [6, 6.07) is 11.8. The van der Waals surface area contributed by atoms with E-state index >= 15 is 0 Å². The van der Waals surface area contributed by atoms with Gasteiger partial charge in [-0.25, -0.2) is 0 Å². The number of carbonyl (C=O) groups excluding carboxylic acids is 2. The van der Waals surface area contributed by atoms with Gasteiger partial charge in [-0.15, -0.1) is 11.3 Å². The average molecular weight is 452 g/mol. The summed E-state index contributed by atoms with van der Waals surface area (Å²) < 4.78 is 27.2. The van der Waals surface area contributed by atoms with Gasteiger partial charge in [-0.1, -0.05) is 6.07 Å². The minimum absolute atomic E-state index is 0.118. The maximum atomic E-state index is 12.8. The lowest BCUT2D eigenvalue weighted by molar-refractivity contribution is -0.133. The molecule has 0 aliphatic carbocycles. The molecule has 0 atom stereocenters. The molecule has 0 unspecified atom stereocenters. The molecule has 0 spiro atoms. The summed E-state index contributed by atoms with van der Waals surface area (Å²) in [4.78, 5) is 25.9. The van der Waals surface area contributed by atoms with Crippen molar-refractivity contribution in [1.82, 2.24) is 0 Å². The number of allylic oxidation sites excluding steroid dienone is 1. The van der Waals surface area contributed by atoms with Gasteiger partial charge in [0.15, 0.2) is 17.3 Å². The highest BCUT2D eigenvalue weighted by Crippen LogP contribution is 2.39. The van der Waals surface area contributed by atoms with E-state index in [1.54, 1.807) is 30.3 Å². The number of hydrogen-bond donors (Lipinski definition) is 0. The molecule has 7 nitrogen and oxygen atoms in total. The van der Waals surface area contributed by atoms with Gasteiger partial charge in [0.2, 0.25) is 5.78 Å². The number of benzene rings is 2. The predicted octanol–water partition coefficient (Wildman–Crippen LogP) is 4.54. The van der Waals surface area contributed by atoms with Crippen LogP contribution in [0.15, 0.2) is 53.6 Å². The summed E-state index contributed by atoms with van der Waals surface area (Å²) in [6.45, 7) is 0. The van der Waals surface area contributed by atoms with Crippen molar-refractivity contribution >= 4 is 29.2 Å². The molecule has 0 fully saturated rings. The van der Waals surface area contributed by atoms with Gasteiger partial charge in [-0.3, -0.25) is 9.59 Å². The first-order valence-electron chi connectivity index (χ1n) is 9.63. The molecule has 0 saturated carbocycles. The fourth-order valence-corrected chi connectivity index (χ4v) is 3.95. The predicted molar refractivity (Wildman–Crippen MR) is 119 cm³/mol. The zero-order valence-electron chi connectivity index (χ0n) is 17.7. The van der Waals surface area contributed by atoms with Gasteiger partial charge in [0.25, 0.3) is 0 Å². The molecule has 0 bridgehead atoms. The number of ketones is 1. The smallest absolute Gasteiger partial charge is 0.316 e. The second-order valence-electron chi connectivity index (χ2n) is 6.78. The molecular weight excluding hydrogens is 432 g/mol. The van der Waals surface area contributed by atoms with Crippen molar-refractivity contribution < 1.29 is 33.3 Å². The van der Waals surface area contributed by atoms with E-state index in [1.165, 1.54) is 38.7 Å². The van der Waals surface area contributed by atoms with E-state index in [0.29, 0.717) is 39.9 Å². The van der Waals surface area contributed by atoms with Gasteiger partial charge in [-0.2, -0.15) is 0 Å². The highest BCUT2D eigenvalue weighted by Gasteiger charge is 2.28. The lowest BCUT2D eigenvalue weighted by atomic mass is 10.1. The van der Waals surface area contributed by atoms with Crippen LogP contribution in [0.3, 0.4) is 0 Å². The maximum absolute atomic E-state index is 12.8. The maximum Gasteiger partial charge on any atom is 0.316 e. The molecule has 0 amide bonds. The van der Waals surface area contributed by atoms with E-state index in [-0.39, 0.29) is 23.9 Å². The molecule has 1 aliphatic rings. The number of Topliss-reactive ketones (excluding diaryl/α,β-unsaturated/α-hetero) is 1. The minimum Gasteiger partial charge on any atom is -0.496 e. The Morgan fingerprint density at radius 1 is 1.00 bits per heavy atom. The van der Waals surface area contributed by atoms with E-state index in [2.05, 4.69) is 0 Å². The molecule has 8 heteroatoms. The lowest BCUT2D eigenvalue weighted by Crippen LogP contribution is -2.10. The van der Waals surface area contributed by atoms with Crippen molar-refractivity contribution in [1.29, 1.82) is 0 Å². The third-order valence-electron chi connectivity index (χ3n) is 4.79. The molecule has 32 heavy (non-hydrogen) atoms. The van der Waals surface area contributed by atoms with Crippen LogP contribution in [0.5, 0.6) is 28.7 Å². The third kappa shape index (κ3) is 4.31. The van der Waals surface area contributed by atoms with Crippen LogP contribution >= 0.6 is 11.3 Å². The summed E-state index contributed by atoms with van der Waals surface area (Å²) in [5.41, 5.74) is 0.970. The van der Waals surface area contributed by atoms with Crippen LogP contribution in [-0.2, 0) is 11.2 Å². The molecule has 2 heterocycles. The molecule has 164 valence electrons. The van der Waals surface area contributed by atoms with Crippen LogP contribution in [-0.4, -0.2) is 33.1 Å². The molecule has 0 N–H and O–H groups in total. The number of ether oxygens (including phenoxy) is 5.